The third-order valence-electron chi connectivity index (χ3n) is 6.10. The molecule has 3 aromatic rings. The van der Waals surface area contributed by atoms with Crippen molar-refractivity contribution >= 4 is 33.0 Å². The Morgan fingerprint density at radius 2 is 1.66 bits per heavy atom. The Labute approximate surface area is 188 Å². The van der Waals surface area contributed by atoms with E-state index in [0.29, 0.717) is 36.8 Å². The van der Waals surface area contributed by atoms with Gasteiger partial charge in [-0.15, -0.1) is 5.10 Å². The van der Waals surface area contributed by atoms with Gasteiger partial charge >= 0.3 is 0 Å². The number of carbonyl (C=O) groups is 1. The highest BCUT2D eigenvalue weighted by atomic mass is 32.1. The average Bonchev–Trinajstić information content (AvgIpc) is 3.04. The largest absolute Gasteiger partial charge is 0.366 e. The third-order valence-corrected chi connectivity index (χ3v) is 7.07. The molecule has 32 heavy (non-hydrogen) atoms. The highest BCUT2D eigenvalue weighted by Crippen LogP contribution is 2.26. The number of piperazine rings is 1. The fourth-order valence-corrected chi connectivity index (χ4v) is 5.33. The van der Waals surface area contributed by atoms with Crippen LogP contribution in [0, 0.1) is 5.82 Å². The molecule has 2 fully saturated rings. The molecule has 0 unspecified atom stereocenters. The van der Waals surface area contributed by atoms with Crippen molar-refractivity contribution in [2.45, 2.75) is 25.7 Å². The third kappa shape index (κ3) is 4.06. The summed E-state index contributed by atoms with van der Waals surface area (Å²) in [5, 5.41) is 5.46. The molecule has 0 atom stereocenters. The molecule has 168 valence electrons. The minimum absolute atomic E-state index is 0.233. The Morgan fingerprint density at radius 1 is 0.938 bits per heavy atom. The number of amides is 1. The van der Waals surface area contributed by atoms with E-state index in [2.05, 4.69) is 15.0 Å². The molecule has 2 aliphatic rings. The smallest absolute Gasteiger partial charge is 0.274 e. The van der Waals surface area contributed by atoms with E-state index in [1.165, 1.54) is 40.8 Å². The van der Waals surface area contributed by atoms with Gasteiger partial charge in [0.05, 0.1) is 5.69 Å². The van der Waals surface area contributed by atoms with Crippen molar-refractivity contribution in [3.63, 3.8) is 0 Å². The van der Waals surface area contributed by atoms with E-state index in [-0.39, 0.29) is 17.4 Å². The molecule has 2 aromatic heterocycles. The average molecular weight is 457 g/mol. The molecule has 0 N–H and O–H groups in total. The summed E-state index contributed by atoms with van der Waals surface area (Å²) < 4.78 is 15.6. The van der Waals surface area contributed by atoms with Gasteiger partial charge in [0.25, 0.3) is 11.5 Å². The fourth-order valence-electron chi connectivity index (χ4n) is 4.37. The molecular weight excluding hydrogens is 431 g/mol. The van der Waals surface area contributed by atoms with E-state index in [9.17, 15) is 14.0 Å². The first-order valence-electron chi connectivity index (χ1n) is 11.0. The van der Waals surface area contributed by atoms with E-state index in [4.69, 9.17) is 0 Å². The summed E-state index contributed by atoms with van der Waals surface area (Å²) in [7, 11) is 0. The highest BCUT2D eigenvalue weighted by molar-refractivity contribution is 7.20. The SMILES string of the molecule is O=C(c1cc(=O)nc2sc(N3CCCCCC3)nn12)N1CCN(c2ccccc2F)CC1. The summed E-state index contributed by atoms with van der Waals surface area (Å²) in [5.41, 5.74) is 0.338. The summed E-state index contributed by atoms with van der Waals surface area (Å²) in [4.78, 5) is 35.9. The number of hydrogen-bond donors (Lipinski definition) is 0. The van der Waals surface area contributed by atoms with Crippen LogP contribution in [0.25, 0.3) is 4.96 Å². The monoisotopic (exact) mass is 456 g/mol. The van der Waals surface area contributed by atoms with E-state index < -0.39 is 5.56 Å². The first-order valence-corrected chi connectivity index (χ1v) is 11.9. The number of rotatable bonds is 3. The molecule has 1 aromatic carbocycles. The van der Waals surface area contributed by atoms with Gasteiger partial charge in [-0.3, -0.25) is 9.59 Å². The van der Waals surface area contributed by atoms with Crippen LogP contribution in [0.3, 0.4) is 0 Å². The Hall–Kier alpha value is -3.01. The Bertz CT molecular complexity index is 1180. The van der Waals surface area contributed by atoms with Crippen LogP contribution in [0.5, 0.6) is 0 Å². The zero-order valence-electron chi connectivity index (χ0n) is 17.7. The Morgan fingerprint density at radius 3 is 2.38 bits per heavy atom. The van der Waals surface area contributed by atoms with Gasteiger partial charge in [-0.05, 0) is 25.0 Å². The minimum Gasteiger partial charge on any atom is -0.366 e. The predicted octanol–water partition coefficient (Wildman–Crippen LogP) is 2.63. The molecule has 2 saturated heterocycles. The molecule has 0 radical (unpaired) electrons. The lowest BCUT2D eigenvalue weighted by atomic mass is 10.2. The Kier molecular flexibility index (Phi) is 5.77. The standard InChI is InChI=1S/C22H25FN6O2S/c23-16-7-3-4-8-17(16)26-11-13-27(14-12-26)20(31)18-15-19(30)24-21-29(18)25-22(32-21)28-9-5-1-2-6-10-28/h3-4,7-8,15H,1-2,5-6,9-14H2. The van der Waals surface area contributed by atoms with E-state index in [1.807, 2.05) is 4.90 Å². The van der Waals surface area contributed by atoms with Crippen molar-refractivity contribution in [3.8, 4) is 0 Å². The van der Waals surface area contributed by atoms with Crippen molar-refractivity contribution in [2.75, 3.05) is 49.1 Å². The highest BCUT2D eigenvalue weighted by Gasteiger charge is 2.27. The minimum atomic E-state index is -0.440. The second-order valence-corrected chi connectivity index (χ2v) is 9.12. The van der Waals surface area contributed by atoms with Crippen LogP contribution in [0.15, 0.2) is 35.1 Å². The lowest BCUT2D eigenvalue weighted by Gasteiger charge is -2.36. The van der Waals surface area contributed by atoms with E-state index in [0.717, 1.165) is 31.1 Å². The number of para-hydroxylation sites is 1. The van der Waals surface area contributed by atoms with Crippen molar-refractivity contribution in [3.05, 3.63) is 52.2 Å². The van der Waals surface area contributed by atoms with Gasteiger partial charge in [0, 0.05) is 45.3 Å². The molecule has 10 heteroatoms. The fraction of sp³-hybridized carbons (Fsp3) is 0.455. The molecule has 0 saturated carbocycles. The predicted molar refractivity (Wildman–Crippen MR) is 122 cm³/mol. The molecule has 1 amide bonds. The van der Waals surface area contributed by atoms with Gasteiger partial charge in [-0.2, -0.15) is 9.50 Å². The summed E-state index contributed by atoms with van der Waals surface area (Å²) in [6.45, 7) is 3.76. The lowest BCUT2D eigenvalue weighted by molar-refractivity contribution is 0.0737. The zero-order chi connectivity index (χ0) is 22.1. The Balaban J connectivity index is 1.37. The zero-order valence-corrected chi connectivity index (χ0v) is 18.6. The van der Waals surface area contributed by atoms with Gasteiger partial charge < -0.3 is 14.7 Å². The van der Waals surface area contributed by atoms with Crippen molar-refractivity contribution in [1.82, 2.24) is 19.5 Å². The van der Waals surface area contributed by atoms with Crippen LogP contribution in [-0.4, -0.2) is 64.7 Å². The molecule has 2 aliphatic heterocycles. The van der Waals surface area contributed by atoms with Gasteiger partial charge in [-0.25, -0.2) is 4.39 Å². The molecule has 4 heterocycles. The van der Waals surface area contributed by atoms with Gasteiger partial charge in [0.15, 0.2) is 0 Å². The van der Waals surface area contributed by atoms with Crippen LogP contribution in [0.1, 0.15) is 36.2 Å². The molecular formula is C22H25FN6O2S. The number of halogens is 1. The second-order valence-electron chi connectivity index (χ2n) is 8.19. The number of anilines is 2. The normalized spacial score (nSPS) is 17.6. The van der Waals surface area contributed by atoms with Crippen molar-refractivity contribution < 1.29 is 9.18 Å². The number of nitrogens with zero attached hydrogens (tertiary/aromatic N) is 6. The van der Waals surface area contributed by atoms with Crippen molar-refractivity contribution in [2.24, 2.45) is 0 Å². The lowest BCUT2D eigenvalue weighted by Crippen LogP contribution is -2.49. The molecule has 0 spiro atoms. The number of benzene rings is 1. The van der Waals surface area contributed by atoms with E-state index >= 15 is 0 Å². The first kappa shape index (κ1) is 20.9. The number of aromatic nitrogens is 3. The number of carbonyl (C=O) groups excluding carboxylic acids is 1. The van der Waals surface area contributed by atoms with Crippen LogP contribution < -0.4 is 15.4 Å². The van der Waals surface area contributed by atoms with Gasteiger partial charge in [-0.1, -0.05) is 36.3 Å². The maximum absolute atomic E-state index is 14.1. The summed E-state index contributed by atoms with van der Waals surface area (Å²) in [6, 6.07) is 7.93. The quantitative estimate of drug-likeness (QED) is 0.603. The van der Waals surface area contributed by atoms with Crippen LogP contribution in [0.2, 0.25) is 0 Å². The number of hydrogen-bond acceptors (Lipinski definition) is 7. The van der Waals surface area contributed by atoms with Crippen LogP contribution in [0.4, 0.5) is 15.2 Å². The summed E-state index contributed by atoms with van der Waals surface area (Å²) >= 11 is 1.35. The summed E-state index contributed by atoms with van der Waals surface area (Å²) in [6.07, 6.45) is 4.64. The molecule has 8 nitrogen and oxygen atoms in total. The van der Waals surface area contributed by atoms with Crippen LogP contribution >= 0.6 is 11.3 Å². The molecule has 5 rings (SSSR count). The van der Waals surface area contributed by atoms with Crippen molar-refractivity contribution in [1.29, 1.82) is 0 Å². The molecule has 0 aliphatic carbocycles. The molecule has 0 bridgehead atoms. The second kappa shape index (κ2) is 8.85. The first-order chi connectivity index (χ1) is 15.6. The topological polar surface area (TPSA) is 74.0 Å². The van der Waals surface area contributed by atoms with Gasteiger partial charge in [0.2, 0.25) is 10.1 Å². The van der Waals surface area contributed by atoms with Crippen LogP contribution in [-0.2, 0) is 0 Å². The van der Waals surface area contributed by atoms with E-state index in [1.54, 1.807) is 23.1 Å². The summed E-state index contributed by atoms with van der Waals surface area (Å²) in [5.74, 6) is -0.515. The van der Waals surface area contributed by atoms with Gasteiger partial charge in [0.1, 0.15) is 11.5 Å². The number of fused-ring (bicyclic) bond motifs is 1. The maximum Gasteiger partial charge on any atom is 0.274 e. The maximum atomic E-state index is 14.1.